The Balaban J connectivity index is 1.83. The van der Waals surface area contributed by atoms with Gasteiger partial charge in [-0.2, -0.15) is 0 Å². The molecule has 2 atom stereocenters. The zero-order valence-electron chi connectivity index (χ0n) is 11.0. The molecule has 0 bridgehead atoms. The second-order valence-electron chi connectivity index (χ2n) is 4.84. The SMILES string of the molecule is CCC1CCCC(Nc2nnc(SCC(=O)O)s2)C1. The molecule has 0 saturated heterocycles. The van der Waals surface area contributed by atoms with E-state index < -0.39 is 5.97 Å². The van der Waals surface area contributed by atoms with Gasteiger partial charge in [0, 0.05) is 6.04 Å². The van der Waals surface area contributed by atoms with Crippen LogP contribution in [0, 0.1) is 5.92 Å². The molecule has 1 saturated carbocycles. The van der Waals surface area contributed by atoms with E-state index in [1.807, 2.05) is 0 Å². The third-order valence-corrected chi connectivity index (χ3v) is 5.39. The molecule has 19 heavy (non-hydrogen) atoms. The highest BCUT2D eigenvalue weighted by Crippen LogP contribution is 2.31. The monoisotopic (exact) mass is 301 g/mol. The van der Waals surface area contributed by atoms with Gasteiger partial charge in [0.15, 0.2) is 4.34 Å². The van der Waals surface area contributed by atoms with Crippen LogP contribution in [0.5, 0.6) is 0 Å². The van der Waals surface area contributed by atoms with E-state index in [2.05, 4.69) is 22.4 Å². The van der Waals surface area contributed by atoms with Crippen molar-refractivity contribution in [2.75, 3.05) is 11.1 Å². The van der Waals surface area contributed by atoms with Gasteiger partial charge in [-0.05, 0) is 18.8 Å². The third kappa shape index (κ3) is 4.65. The number of hydrogen-bond acceptors (Lipinski definition) is 6. The van der Waals surface area contributed by atoms with Crippen LogP contribution in [-0.2, 0) is 4.79 Å². The number of carbonyl (C=O) groups is 1. The van der Waals surface area contributed by atoms with Crippen molar-refractivity contribution in [1.29, 1.82) is 0 Å². The van der Waals surface area contributed by atoms with E-state index in [1.165, 1.54) is 55.2 Å². The molecule has 0 aliphatic heterocycles. The van der Waals surface area contributed by atoms with Crippen molar-refractivity contribution in [3.05, 3.63) is 0 Å². The van der Waals surface area contributed by atoms with Crippen molar-refractivity contribution >= 4 is 34.2 Å². The first-order chi connectivity index (χ1) is 9.17. The molecular weight excluding hydrogens is 282 g/mol. The second kappa shape index (κ2) is 7.09. The van der Waals surface area contributed by atoms with Gasteiger partial charge in [-0.3, -0.25) is 4.79 Å². The largest absolute Gasteiger partial charge is 0.481 e. The zero-order chi connectivity index (χ0) is 13.7. The highest BCUT2D eigenvalue weighted by molar-refractivity contribution is 8.01. The molecule has 1 fully saturated rings. The minimum Gasteiger partial charge on any atom is -0.481 e. The lowest BCUT2D eigenvalue weighted by molar-refractivity contribution is -0.133. The Kier molecular flexibility index (Phi) is 5.45. The Labute approximate surface area is 121 Å². The molecule has 1 aliphatic rings. The van der Waals surface area contributed by atoms with E-state index in [0.717, 1.165) is 11.0 Å². The van der Waals surface area contributed by atoms with Gasteiger partial charge in [0.2, 0.25) is 5.13 Å². The maximum Gasteiger partial charge on any atom is 0.313 e. The molecule has 2 rings (SSSR count). The standard InChI is InChI=1S/C12H19N3O2S2/c1-2-8-4-3-5-9(6-8)13-11-14-15-12(19-11)18-7-10(16)17/h8-9H,2-7H2,1H3,(H,13,14)(H,16,17). The van der Waals surface area contributed by atoms with E-state index in [0.29, 0.717) is 10.4 Å². The molecule has 1 heterocycles. The number of nitrogens with one attached hydrogen (secondary N) is 1. The van der Waals surface area contributed by atoms with Crippen LogP contribution in [-0.4, -0.2) is 33.1 Å². The van der Waals surface area contributed by atoms with E-state index >= 15 is 0 Å². The Morgan fingerprint density at radius 1 is 1.53 bits per heavy atom. The van der Waals surface area contributed by atoms with Gasteiger partial charge in [-0.15, -0.1) is 10.2 Å². The smallest absolute Gasteiger partial charge is 0.313 e. The molecule has 0 spiro atoms. The fraction of sp³-hybridized carbons (Fsp3) is 0.750. The first-order valence-electron chi connectivity index (χ1n) is 6.62. The number of thioether (sulfide) groups is 1. The maximum absolute atomic E-state index is 10.5. The fourth-order valence-electron chi connectivity index (χ4n) is 2.42. The summed E-state index contributed by atoms with van der Waals surface area (Å²) in [4.78, 5) is 10.5. The van der Waals surface area contributed by atoms with Crippen LogP contribution in [0.3, 0.4) is 0 Å². The molecule has 0 amide bonds. The van der Waals surface area contributed by atoms with Gasteiger partial charge >= 0.3 is 5.97 Å². The van der Waals surface area contributed by atoms with Crippen LogP contribution in [0.4, 0.5) is 5.13 Å². The van der Waals surface area contributed by atoms with Crippen LogP contribution < -0.4 is 5.32 Å². The Morgan fingerprint density at radius 3 is 3.11 bits per heavy atom. The molecule has 5 nitrogen and oxygen atoms in total. The highest BCUT2D eigenvalue weighted by Gasteiger charge is 2.21. The van der Waals surface area contributed by atoms with Gasteiger partial charge in [0.1, 0.15) is 0 Å². The number of nitrogens with zero attached hydrogens (tertiary/aromatic N) is 2. The van der Waals surface area contributed by atoms with E-state index in [4.69, 9.17) is 5.11 Å². The van der Waals surface area contributed by atoms with Gasteiger partial charge in [0.25, 0.3) is 0 Å². The molecule has 1 aliphatic carbocycles. The third-order valence-electron chi connectivity index (χ3n) is 3.41. The summed E-state index contributed by atoms with van der Waals surface area (Å²) in [7, 11) is 0. The van der Waals surface area contributed by atoms with Crippen molar-refractivity contribution < 1.29 is 9.90 Å². The molecule has 1 aromatic rings. The first kappa shape index (κ1) is 14.6. The molecule has 106 valence electrons. The predicted octanol–water partition coefficient (Wildman–Crippen LogP) is 3.10. The van der Waals surface area contributed by atoms with Crippen LogP contribution in [0.2, 0.25) is 0 Å². The summed E-state index contributed by atoms with van der Waals surface area (Å²) in [5, 5.41) is 21.0. The summed E-state index contributed by atoms with van der Waals surface area (Å²) in [5.41, 5.74) is 0. The van der Waals surface area contributed by atoms with Crippen LogP contribution in [0.1, 0.15) is 39.0 Å². The minimum absolute atomic E-state index is 0.0377. The number of rotatable bonds is 6. The molecule has 2 N–H and O–H groups in total. The molecule has 2 unspecified atom stereocenters. The summed E-state index contributed by atoms with van der Waals surface area (Å²) in [5.74, 6) is 0.0310. The van der Waals surface area contributed by atoms with Crippen LogP contribution in [0.15, 0.2) is 4.34 Å². The van der Waals surface area contributed by atoms with Gasteiger partial charge in [-0.25, -0.2) is 0 Å². The number of carboxylic acids is 1. The number of aliphatic carboxylic acids is 1. The summed E-state index contributed by atoms with van der Waals surface area (Å²) in [6.07, 6.45) is 6.25. The molecule has 0 aromatic carbocycles. The highest BCUT2D eigenvalue weighted by atomic mass is 32.2. The molecular formula is C12H19N3O2S2. The zero-order valence-corrected chi connectivity index (χ0v) is 12.6. The Morgan fingerprint density at radius 2 is 2.37 bits per heavy atom. The summed E-state index contributed by atoms with van der Waals surface area (Å²) in [6.45, 7) is 2.25. The topological polar surface area (TPSA) is 75.1 Å². The number of carboxylic acid groups (broad SMARTS) is 1. The molecule has 7 heteroatoms. The quantitative estimate of drug-likeness (QED) is 0.786. The Bertz CT molecular complexity index is 425. The van der Waals surface area contributed by atoms with Gasteiger partial charge < -0.3 is 10.4 Å². The Hall–Kier alpha value is -0.820. The second-order valence-corrected chi connectivity index (χ2v) is 7.04. The average molecular weight is 301 g/mol. The van der Waals surface area contributed by atoms with E-state index in [-0.39, 0.29) is 5.75 Å². The number of hydrogen-bond donors (Lipinski definition) is 2. The van der Waals surface area contributed by atoms with Crippen molar-refractivity contribution in [1.82, 2.24) is 10.2 Å². The average Bonchev–Trinajstić information content (AvgIpc) is 2.84. The lowest BCUT2D eigenvalue weighted by atomic mass is 9.84. The lowest BCUT2D eigenvalue weighted by Gasteiger charge is -2.28. The van der Waals surface area contributed by atoms with Crippen molar-refractivity contribution in [3.63, 3.8) is 0 Å². The van der Waals surface area contributed by atoms with Crippen molar-refractivity contribution in [2.45, 2.75) is 49.4 Å². The minimum atomic E-state index is -0.826. The van der Waals surface area contributed by atoms with Crippen LogP contribution in [0.25, 0.3) is 0 Å². The van der Waals surface area contributed by atoms with Gasteiger partial charge in [0.05, 0.1) is 5.75 Å². The van der Waals surface area contributed by atoms with Crippen molar-refractivity contribution in [3.8, 4) is 0 Å². The normalized spacial score (nSPS) is 23.2. The summed E-state index contributed by atoms with van der Waals surface area (Å²) in [6, 6.07) is 0.490. The first-order valence-corrected chi connectivity index (χ1v) is 8.42. The lowest BCUT2D eigenvalue weighted by Crippen LogP contribution is -2.26. The van der Waals surface area contributed by atoms with Gasteiger partial charge in [-0.1, -0.05) is 49.3 Å². The number of anilines is 1. The molecule has 1 aromatic heterocycles. The predicted molar refractivity (Wildman–Crippen MR) is 77.9 cm³/mol. The van der Waals surface area contributed by atoms with E-state index in [9.17, 15) is 4.79 Å². The fourth-order valence-corrected chi connectivity index (χ4v) is 3.97. The van der Waals surface area contributed by atoms with Crippen LogP contribution >= 0.6 is 23.1 Å². The maximum atomic E-state index is 10.5. The molecule has 0 radical (unpaired) electrons. The summed E-state index contributed by atoms with van der Waals surface area (Å²) < 4.78 is 0.716. The number of aromatic nitrogens is 2. The van der Waals surface area contributed by atoms with E-state index in [1.54, 1.807) is 0 Å². The van der Waals surface area contributed by atoms with Crippen molar-refractivity contribution in [2.24, 2.45) is 5.92 Å². The summed E-state index contributed by atoms with van der Waals surface area (Å²) >= 11 is 2.67.